The van der Waals surface area contributed by atoms with Crippen molar-refractivity contribution in [1.82, 2.24) is 5.32 Å². The van der Waals surface area contributed by atoms with Gasteiger partial charge in [-0.25, -0.2) is 4.79 Å². The fraction of sp³-hybridized carbons (Fsp3) is 0.312. The molecule has 2 atom stereocenters. The number of para-hydroxylation sites is 1. The van der Waals surface area contributed by atoms with Crippen molar-refractivity contribution >= 4 is 23.5 Å². The summed E-state index contributed by atoms with van der Waals surface area (Å²) < 4.78 is 4.45. The lowest BCUT2D eigenvalue weighted by Crippen LogP contribution is -2.31. The van der Waals surface area contributed by atoms with Crippen LogP contribution in [0.2, 0.25) is 0 Å². The molecule has 2 amide bonds. The molecule has 114 valence electrons. The molecule has 1 aromatic rings. The van der Waals surface area contributed by atoms with E-state index in [1.807, 2.05) is 24.3 Å². The number of amides is 2. The van der Waals surface area contributed by atoms with Crippen molar-refractivity contribution in [3.05, 3.63) is 42.0 Å². The molecule has 6 nitrogen and oxygen atoms in total. The molecular weight excluding hydrogens is 284 g/mol. The van der Waals surface area contributed by atoms with Gasteiger partial charge in [-0.15, -0.1) is 0 Å². The summed E-state index contributed by atoms with van der Waals surface area (Å²) in [5.74, 6) is -1.12. The minimum absolute atomic E-state index is 0.112. The van der Waals surface area contributed by atoms with Gasteiger partial charge in [0, 0.05) is 18.3 Å². The van der Waals surface area contributed by atoms with E-state index in [1.165, 1.54) is 19.3 Å². The molecular formula is C16H16N2O4. The molecule has 1 aliphatic heterocycles. The van der Waals surface area contributed by atoms with Crippen LogP contribution in [0.5, 0.6) is 0 Å². The van der Waals surface area contributed by atoms with Crippen molar-refractivity contribution in [2.75, 3.05) is 19.0 Å². The number of anilines is 1. The largest absolute Gasteiger partial charge is 0.466 e. The van der Waals surface area contributed by atoms with Gasteiger partial charge >= 0.3 is 5.97 Å². The number of hydrogen-bond acceptors (Lipinski definition) is 4. The van der Waals surface area contributed by atoms with Crippen molar-refractivity contribution in [3.63, 3.8) is 0 Å². The van der Waals surface area contributed by atoms with E-state index in [9.17, 15) is 14.4 Å². The van der Waals surface area contributed by atoms with Gasteiger partial charge in [0.2, 0.25) is 11.8 Å². The molecule has 2 unspecified atom stereocenters. The highest BCUT2D eigenvalue weighted by Crippen LogP contribution is 2.59. The predicted molar refractivity (Wildman–Crippen MR) is 79.0 cm³/mol. The monoisotopic (exact) mass is 300 g/mol. The molecule has 6 heteroatoms. The minimum atomic E-state index is -0.716. The van der Waals surface area contributed by atoms with Gasteiger partial charge < -0.3 is 15.4 Å². The Balaban J connectivity index is 1.64. The van der Waals surface area contributed by atoms with Gasteiger partial charge in [-0.3, -0.25) is 9.59 Å². The second kappa shape index (κ2) is 5.29. The van der Waals surface area contributed by atoms with E-state index >= 15 is 0 Å². The number of carbonyl (C=O) groups excluding carboxylic acids is 3. The predicted octanol–water partition coefficient (Wildman–Crippen LogP) is 0.742. The van der Waals surface area contributed by atoms with Gasteiger partial charge in [-0.1, -0.05) is 24.3 Å². The zero-order valence-corrected chi connectivity index (χ0v) is 12.1. The third-order valence-corrected chi connectivity index (χ3v) is 4.19. The molecule has 1 fully saturated rings. The minimum Gasteiger partial charge on any atom is -0.466 e. The first-order chi connectivity index (χ1) is 10.6. The van der Waals surface area contributed by atoms with E-state index in [-0.39, 0.29) is 24.3 Å². The third kappa shape index (κ3) is 2.16. The molecule has 1 spiro atoms. The molecule has 0 bridgehead atoms. The van der Waals surface area contributed by atoms with Crippen molar-refractivity contribution in [1.29, 1.82) is 0 Å². The van der Waals surface area contributed by atoms with Gasteiger partial charge in [-0.2, -0.15) is 0 Å². The molecule has 0 aromatic heterocycles. The van der Waals surface area contributed by atoms with Crippen LogP contribution in [-0.4, -0.2) is 31.4 Å². The SMILES string of the molecule is COC(=O)/C=C/CNC(=O)C1CC12C(=O)Nc1ccccc12. The Kier molecular flexibility index (Phi) is 3.44. The van der Waals surface area contributed by atoms with Crippen LogP contribution in [0.25, 0.3) is 0 Å². The number of methoxy groups -OCH3 is 1. The summed E-state index contributed by atoms with van der Waals surface area (Å²) in [5, 5.41) is 5.54. The maximum atomic E-state index is 12.2. The van der Waals surface area contributed by atoms with Gasteiger partial charge in [0.25, 0.3) is 0 Å². The molecule has 0 saturated heterocycles. The van der Waals surface area contributed by atoms with Gasteiger partial charge in [-0.05, 0) is 18.1 Å². The zero-order valence-electron chi connectivity index (χ0n) is 12.1. The fourth-order valence-electron chi connectivity index (χ4n) is 2.97. The van der Waals surface area contributed by atoms with Crippen molar-refractivity contribution in [3.8, 4) is 0 Å². The second-order valence-electron chi connectivity index (χ2n) is 5.40. The maximum absolute atomic E-state index is 12.2. The summed E-state index contributed by atoms with van der Waals surface area (Å²) in [6, 6.07) is 7.45. The average molecular weight is 300 g/mol. The Morgan fingerprint density at radius 1 is 1.45 bits per heavy atom. The Hall–Kier alpha value is -2.63. The van der Waals surface area contributed by atoms with Crippen LogP contribution < -0.4 is 10.6 Å². The van der Waals surface area contributed by atoms with E-state index in [0.29, 0.717) is 6.42 Å². The number of fused-ring (bicyclic) bond motifs is 2. The lowest BCUT2D eigenvalue weighted by molar-refractivity contribution is -0.134. The van der Waals surface area contributed by atoms with Crippen LogP contribution in [0.1, 0.15) is 12.0 Å². The fourth-order valence-corrected chi connectivity index (χ4v) is 2.97. The molecule has 1 heterocycles. The lowest BCUT2D eigenvalue weighted by Gasteiger charge is -2.08. The van der Waals surface area contributed by atoms with E-state index in [1.54, 1.807) is 0 Å². The molecule has 2 N–H and O–H groups in total. The summed E-state index contributed by atoms with van der Waals surface area (Å²) in [6.07, 6.45) is 3.28. The van der Waals surface area contributed by atoms with Crippen LogP contribution in [0, 0.1) is 5.92 Å². The Bertz CT molecular complexity index is 682. The molecule has 3 rings (SSSR count). The van der Waals surface area contributed by atoms with Gasteiger partial charge in [0.15, 0.2) is 0 Å². The summed E-state index contributed by atoms with van der Waals surface area (Å²) >= 11 is 0. The zero-order chi connectivity index (χ0) is 15.7. The molecule has 2 aliphatic rings. The molecule has 0 radical (unpaired) electrons. The highest BCUT2D eigenvalue weighted by atomic mass is 16.5. The molecule has 22 heavy (non-hydrogen) atoms. The van der Waals surface area contributed by atoms with Crippen LogP contribution in [-0.2, 0) is 24.5 Å². The Labute approximate surface area is 127 Å². The number of nitrogens with one attached hydrogen (secondary N) is 2. The Morgan fingerprint density at radius 2 is 2.23 bits per heavy atom. The molecule has 1 aliphatic carbocycles. The number of ether oxygens (including phenoxy) is 1. The highest BCUT2D eigenvalue weighted by molar-refractivity contribution is 6.12. The van der Waals surface area contributed by atoms with E-state index in [2.05, 4.69) is 15.4 Å². The number of benzene rings is 1. The Morgan fingerprint density at radius 3 is 3.00 bits per heavy atom. The van der Waals surface area contributed by atoms with E-state index < -0.39 is 11.4 Å². The lowest BCUT2D eigenvalue weighted by atomic mass is 9.94. The first-order valence-corrected chi connectivity index (χ1v) is 7.03. The smallest absolute Gasteiger partial charge is 0.330 e. The average Bonchev–Trinajstić information content (AvgIpc) is 3.21. The van der Waals surface area contributed by atoms with Crippen LogP contribution >= 0.6 is 0 Å². The molecule has 1 saturated carbocycles. The third-order valence-electron chi connectivity index (χ3n) is 4.19. The normalized spacial score (nSPS) is 25.0. The van der Waals surface area contributed by atoms with Crippen LogP contribution in [0.15, 0.2) is 36.4 Å². The highest BCUT2D eigenvalue weighted by Gasteiger charge is 2.67. The summed E-state index contributed by atoms with van der Waals surface area (Å²) in [7, 11) is 1.29. The topological polar surface area (TPSA) is 84.5 Å². The van der Waals surface area contributed by atoms with Gasteiger partial charge in [0.05, 0.1) is 18.4 Å². The standard InChI is InChI=1S/C16H16N2O4/c1-22-13(19)7-4-8-17-14(20)11-9-16(11)10-5-2-3-6-12(10)18-15(16)21/h2-7,11H,8-9H2,1H3,(H,17,20)(H,18,21)/b7-4+. The number of carbonyl (C=O) groups is 3. The van der Waals surface area contributed by atoms with E-state index in [0.717, 1.165) is 11.3 Å². The summed E-state index contributed by atoms with van der Waals surface area (Å²) in [5.41, 5.74) is 0.964. The quantitative estimate of drug-likeness (QED) is 0.634. The number of hydrogen-bond donors (Lipinski definition) is 2. The number of rotatable bonds is 4. The van der Waals surface area contributed by atoms with Crippen molar-refractivity contribution < 1.29 is 19.1 Å². The maximum Gasteiger partial charge on any atom is 0.330 e. The first kappa shape index (κ1) is 14.3. The van der Waals surface area contributed by atoms with Crippen LogP contribution in [0.4, 0.5) is 5.69 Å². The summed E-state index contributed by atoms with van der Waals surface area (Å²) in [4.78, 5) is 35.3. The van der Waals surface area contributed by atoms with Crippen molar-refractivity contribution in [2.45, 2.75) is 11.8 Å². The second-order valence-corrected chi connectivity index (χ2v) is 5.40. The number of esters is 1. The van der Waals surface area contributed by atoms with Crippen LogP contribution in [0.3, 0.4) is 0 Å². The van der Waals surface area contributed by atoms with E-state index in [4.69, 9.17) is 0 Å². The van der Waals surface area contributed by atoms with Gasteiger partial charge in [0.1, 0.15) is 0 Å². The van der Waals surface area contributed by atoms with Crippen molar-refractivity contribution in [2.24, 2.45) is 5.92 Å². The first-order valence-electron chi connectivity index (χ1n) is 7.03. The molecule has 1 aromatic carbocycles. The summed E-state index contributed by atoms with van der Waals surface area (Å²) in [6.45, 7) is 0.226.